The molecule has 162 valence electrons. The maximum absolute atomic E-state index is 13.3. The standard InChI is InChI=1S/C25H23N3O4/c1-16-7-6-8-18(13-16)26-23(29)15-28-24(17-11-12-21(31-2)22(14-17)32-3)27-20-10-5-4-9-19(20)25(28)30/h4-14H,15H2,1-3H3,(H,26,29). The summed E-state index contributed by atoms with van der Waals surface area (Å²) in [4.78, 5) is 30.9. The number of ether oxygens (including phenoxy) is 2. The number of rotatable bonds is 6. The Balaban J connectivity index is 1.81. The second kappa shape index (κ2) is 8.93. The van der Waals surface area contributed by atoms with Crippen molar-refractivity contribution >= 4 is 22.5 Å². The van der Waals surface area contributed by atoms with E-state index in [9.17, 15) is 9.59 Å². The second-order valence-corrected chi connectivity index (χ2v) is 7.33. The lowest BCUT2D eigenvalue weighted by Gasteiger charge is -2.15. The Morgan fingerprint density at radius 1 is 0.969 bits per heavy atom. The van der Waals surface area contributed by atoms with Crippen molar-refractivity contribution in [2.45, 2.75) is 13.5 Å². The molecular formula is C25H23N3O4. The van der Waals surface area contributed by atoms with Gasteiger partial charge in [-0.05, 0) is 55.0 Å². The molecule has 0 atom stereocenters. The smallest absolute Gasteiger partial charge is 0.262 e. The SMILES string of the molecule is COc1ccc(-c2nc3ccccc3c(=O)n2CC(=O)Nc2cccc(C)c2)cc1OC. The minimum absolute atomic E-state index is 0.186. The van der Waals surface area contributed by atoms with Gasteiger partial charge < -0.3 is 14.8 Å². The van der Waals surface area contributed by atoms with Crippen LogP contribution in [-0.2, 0) is 11.3 Å². The summed E-state index contributed by atoms with van der Waals surface area (Å²) in [6.07, 6.45) is 0. The molecule has 0 radical (unpaired) electrons. The van der Waals surface area contributed by atoms with Crippen molar-refractivity contribution in [2.75, 3.05) is 19.5 Å². The van der Waals surface area contributed by atoms with Crippen LogP contribution in [-0.4, -0.2) is 29.7 Å². The molecule has 1 N–H and O–H groups in total. The maximum atomic E-state index is 13.3. The number of fused-ring (bicyclic) bond motifs is 1. The zero-order chi connectivity index (χ0) is 22.7. The van der Waals surface area contributed by atoms with Gasteiger partial charge in [0.15, 0.2) is 11.5 Å². The number of nitrogens with one attached hydrogen (secondary N) is 1. The van der Waals surface area contributed by atoms with Crippen LogP contribution in [0.3, 0.4) is 0 Å². The van der Waals surface area contributed by atoms with Crippen LogP contribution in [0.1, 0.15) is 5.56 Å². The number of anilines is 1. The lowest BCUT2D eigenvalue weighted by Crippen LogP contribution is -2.30. The summed E-state index contributed by atoms with van der Waals surface area (Å²) in [5.74, 6) is 1.11. The molecule has 7 nitrogen and oxygen atoms in total. The van der Waals surface area contributed by atoms with Crippen molar-refractivity contribution in [1.29, 1.82) is 0 Å². The first-order valence-corrected chi connectivity index (χ1v) is 10.1. The number of hydrogen-bond donors (Lipinski definition) is 1. The number of aromatic nitrogens is 2. The third-order valence-electron chi connectivity index (χ3n) is 5.11. The molecule has 1 heterocycles. The van der Waals surface area contributed by atoms with Gasteiger partial charge in [0.05, 0.1) is 25.1 Å². The zero-order valence-electron chi connectivity index (χ0n) is 18.1. The molecule has 0 bridgehead atoms. The largest absolute Gasteiger partial charge is 0.493 e. The van der Waals surface area contributed by atoms with Crippen molar-refractivity contribution in [1.82, 2.24) is 9.55 Å². The van der Waals surface area contributed by atoms with Crippen LogP contribution in [0.25, 0.3) is 22.3 Å². The highest BCUT2D eigenvalue weighted by Gasteiger charge is 2.17. The predicted octanol–water partition coefficient (Wildman–Crippen LogP) is 4.03. The molecule has 0 spiro atoms. The van der Waals surface area contributed by atoms with Crippen LogP contribution in [0.15, 0.2) is 71.5 Å². The maximum Gasteiger partial charge on any atom is 0.262 e. The van der Waals surface area contributed by atoms with Gasteiger partial charge in [-0.1, -0.05) is 24.3 Å². The summed E-state index contributed by atoms with van der Waals surface area (Å²) in [6, 6.07) is 19.8. The van der Waals surface area contributed by atoms with E-state index in [0.717, 1.165) is 5.56 Å². The highest BCUT2D eigenvalue weighted by atomic mass is 16.5. The number of hydrogen-bond acceptors (Lipinski definition) is 5. The minimum Gasteiger partial charge on any atom is -0.493 e. The fourth-order valence-electron chi connectivity index (χ4n) is 3.58. The molecule has 1 amide bonds. The van der Waals surface area contributed by atoms with Crippen molar-refractivity contribution < 1.29 is 14.3 Å². The average Bonchev–Trinajstić information content (AvgIpc) is 2.80. The molecule has 0 aliphatic heterocycles. The first-order chi connectivity index (χ1) is 15.5. The summed E-state index contributed by atoms with van der Waals surface area (Å²) in [7, 11) is 3.09. The van der Waals surface area contributed by atoms with Crippen molar-refractivity contribution in [3.63, 3.8) is 0 Å². The van der Waals surface area contributed by atoms with E-state index in [1.54, 1.807) is 43.5 Å². The third kappa shape index (κ3) is 4.18. The molecule has 7 heteroatoms. The molecule has 0 unspecified atom stereocenters. The number of amides is 1. The highest BCUT2D eigenvalue weighted by molar-refractivity contribution is 5.91. The van der Waals surface area contributed by atoms with Gasteiger partial charge in [-0.3, -0.25) is 14.2 Å². The predicted molar refractivity (Wildman–Crippen MR) is 124 cm³/mol. The Morgan fingerprint density at radius 2 is 1.75 bits per heavy atom. The molecule has 32 heavy (non-hydrogen) atoms. The monoisotopic (exact) mass is 429 g/mol. The lowest BCUT2D eigenvalue weighted by molar-refractivity contribution is -0.116. The van der Waals surface area contributed by atoms with E-state index in [4.69, 9.17) is 14.5 Å². The van der Waals surface area contributed by atoms with Crippen LogP contribution in [0.2, 0.25) is 0 Å². The Labute approximate surface area is 185 Å². The van der Waals surface area contributed by atoms with E-state index < -0.39 is 0 Å². The number of aryl methyl sites for hydroxylation is 1. The highest BCUT2D eigenvalue weighted by Crippen LogP contribution is 2.31. The Morgan fingerprint density at radius 3 is 2.50 bits per heavy atom. The van der Waals surface area contributed by atoms with E-state index in [0.29, 0.717) is 39.5 Å². The fraction of sp³-hybridized carbons (Fsp3) is 0.160. The molecule has 0 fully saturated rings. The zero-order valence-corrected chi connectivity index (χ0v) is 18.1. The summed E-state index contributed by atoms with van der Waals surface area (Å²) in [5, 5.41) is 3.30. The van der Waals surface area contributed by atoms with E-state index >= 15 is 0 Å². The number of para-hydroxylation sites is 1. The second-order valence-electron chi connectivity index (χ2n) is 7.33. The van der Waals surface area contributed by atoms with Gasteiger partial charge in [0.2, 0.25) is 5.91 Å². The van der Waals surface area contributed by atoms with Gasteiger partial charge in [0, 0.05) is 11.3 Å². The summed E-state index contributed by atoms with van der Waals surface area (Å²) in [6.45, 7) is 1.76. The summed E-state index contributed by atoms with van der Waals surface area (Å²) in [5.41, 5.74) is 2.59. The number of methoxy groups -OCH3 is 2. The minimum atomic E-state index is -0.323. The molecule has 3 aromatic carbocycles. The molecule has 0 aliphatic rings. The van der Waals surface area contributed by atoms with Crippen molar-refractivity contribution in [3.8, 4) is 22.9 Å². The lowest BCUT2D eigenvalue weighted by atomic mass is 10.1. The van der Waals surface area contributed by atoms with Gasteiger partial charge in [0.25, 0.3) is 5.56 Å². The number of carbonyl (C=O) groups is 1. The normalized spacial score (nSPS) is 10.7. The molecule has 1 aromatic heterocycles. The number of nitrogens with zero attached hydrogens (tertiary/aromatic N) is 2. The molecule has 0 saturated carbocycles. The van der Waals surface area contributed by atoms with E-state index in [1.165, 1.54) is 11.7 Å². The van der Waals surface area contributed by atoms with Crippen molar-refractivity contribution in [2.24, 2.45) is 0 Å². The third-order valence-corrected chi connectivity index (χ3v) is 5.11. The van der Waals surface area contributed by atoms with Gasteiger partial charge in [-0.2, -0.15) is 0 Å². The van der Waals surface area contributed by atoms with Gasteiger partial charge in [0.1, 0.15) is 12.4 Å². The first kappa shape index (κ1) is 21.1. The van der Waals surface area contributed by atoms with E-state index in [2.05, 4.69) is 5.32 Å². The number of carbonyl (C=O) groups excluding carboxylic acids is 1. The molecule has 0 saturated heterocycles. The van der Waals surface area contributed by atoms with E-state index in [1.807, 2.05) is 37.3 Å². The topological polar surface area (TPSA) is 82.5 Å². The van der Waals surface area contributed by atoms with E-state index in [-0.39, 0.29) is 18.0 Å². The molecule has 4 rings (SSSR count). The summed E-state index contributed by atoms with van der Waals surface area (Å²) >= 11 is 0. The first-order valence-electron chi connectivity index (χ1n) is 10.1. The molecular weight excluding hydrogens is 406 g/mol. The van der Waals surface area contributed by atoms with Gasteiger partial charge in [-0.25, -0.2) is 4.98 Å². The van der Waals surface area contributed by atoms with Crippen LogP contribution >= 0.6 is 0 Å². The Kier molecular flexibility index (Phi) is 5.89. The fourth-order valence-corrected chi connectivity index (χ4v) is 3.58. The van der Waals surface area contributed by atoms with Crippen LogP contribution in [0.5, 0.6) is 11.5 Å². The van der Waals surface area contributed by atoms with Crippen LogP contribution in [0, 0.1) is 6.92 Å². The summed E-state index contributed by atoms with van der Waals surface area (Å²) < 4.78 is 12.1. The van der Waals surface area contributed by atoms with Crippen molar-refractivity contribution in [3.05, 3.63) is 82.6 Å². The quantitative estimate of drug-likeness (QED) is 0.500. The molecule has 0 aliphatic carbocycles. The van der Waals surface area contributed by atoms with Crippen LogP contribution < -0.4 is 20.3 Å². The number of benzene rings is 3. The van der Waals surface area contributed by atoms with Crippen LogP contribution in [0.4, 0.5) is 5.69 Å². The molecule has 4 aromatic rings. The van der Waals surface area contributed by atoms with Gasteiger partial charge >= 0.3 is 0 Å². The average molecular weight is 429 g/mol. The Bertz CT molecular complexity index is 1360. The Hall–Kier alpha value is -4.13. The van der Waals surface area contributed by atoms with Gasteiger partial charge in [-0.15, -0.1) is 0 Å².